The predicted molar refractivity (Wildman–Crippen MR) is 549 cm³/mol. The molecule has 0 saturated heterocycles. The molecule has 0 bridgehead atoms. The molecule has 9 heteroatoms. The van der Waals surface area contributed by atoms with Gasteiger partial charge < -0.3 is 0 Å². The normalized spacial score (nSPS) is 10.1. The molecule has 0 amide bonds. The molecule has 0 aliphatic rings. The van der Waals surface area contributed by atoms with Crippen LogP contribution in [0.15, 0.2) is 576 Å². The van der Waals surface area contributed by atoms with Crippen LogP contribution in [-0.2, 0) is 0 Å². The van der Waals surface area contributed by atoms with E-state index < -0.39 is 43.0 Å². The second-order valence-electron chi connectivity index (χ2n) is 27.7. The molecule has 0 N–H and O–H groups in total. The minimum absolute atomic E-state index is 0. The van der Waals surface area contributed by atoms with Crippen LogP contribution < -0.4 is 83.5 Å². The Morgan fingerprint density at radius 2 is 0.154 bits per heavy atom. The molecule has 123 heavy (non-hydrogen) atoms. The van der Waals surface area contributed by atoms with E-state index in [0.717, 1.165) is 0 Å². The summed E-state index contributed by atoms with van der Waals surface area (Å²) in [6.45, 7) is 0. The zero-order valence-electron chi connectivity index (χ0n) is 68.9. The van der Waals surface area contributed by atoms with E-state index in [1.165, 1.54) is 83.5 Å². The molecule has 0 fully saturated rings. The Bertz CT molecular complexity index is 4620. The first-order chi connectivity index (χ1) is 60.6. The van der Waals surface area contributed by atoms with Crippen molar-refractivity contribution in [2.75, 3.05) is 0 Å². The molecular formula is C114H96Ge9. The first-order valence-corrected chi connectivity index (χ1v) is 61.0. The second-order valence-corrected chi connectivity index (χ2v) is 58.1. The van der Waals surface area contributed by atoms with E-state index in [1.807, 2.05) is 0 Å². The monoisotopic (exact) mass is 2130 g/mol. The Morgan fingerprint density at radius 3 is 0.228 bits per heavy atom. The number of benzene rings is 19. The molecule has 19 aromatic rings. The summed E-state index contributed by atoms with van der Waals surface area (Å²) in [5, 5.41) is 0. The standard InChI is InChI=1S/3C18H15Ge.5C12H10Ge.GeH/c3*1-4-10-16(11-5-1)19(17-12-6-2-7-13-17)18-14-8-3-9-15-18;5*1-3-7-11(8-4-1)13-12-9-5-2-6-10-12;/h3*1-15H;5*1-10H;1H. The molecule has 19 aromatic carbocycles. The van der Waals surface area contributed by atoms with Crippen LogP contribution in [-0.4, -0.2) is 138 Å². The van der Waals surface area contributed by atoms with E-state index in [-0.39, 0.29) is 94.8 Å². The van der Waals surface area contributed by atoms with Crippen molar-refractivity contribution in [1.29, 1.82) is 0 Å². The predicted octanol–water partition coefficient (Wildman–Crippen LogP) is 12.7. The second kappa shape index (κ2) is 56.8. The summed E-state index contributed by atoms with van der Waals surface area (Å²) in [4.78, 5) is 0. The fraction of sp³-hybridized carbons (Fsp3) is 0. The topological polar surface area (TPSA) is 0 Å². The molecule has 0 atom stereocenters. The molecule has 0 unspecified atom stereocenters. The molecule has 16 radical (unpaired) electrons. The van der Waals surface area contributed by atoms with Crippen molar-refractivity contribution in [3.8, 4) is 0 Å². The van der Waals surface area contributed by atoms with Crippen molar-refractivity contribution in [2.24, 2.45) is 0 Å². The van der Waals surface area contributed by atoms with Gasteiger partial charge in [-0.3, -0.25) is 0 Å². The van der Waals surface area contributed by atoms with Crippen molar-refractivity contribution in [2.45, 2.75) is 0 Å². The van der Waals surface area contributed by atoms with Crippen LogP contribution in [0.4, 0.5) is 0 Å². The molecule has 0 aromatic heterocycles. The van der Waals surface area contributed by atoms with Crippen LogP contribution in [0.1, 0.15) is 0 Å². The third-order valence-electron chi connectivity index (χ3n) is 18.7. The maximum atomic E-state index is 2.27. The van der Waals surface area contributed by atoms with Crippen molar-refractivity contribution in [3.63, 3.8) is 0 Å². The van der Waals surface area contributed by atoms with Crippen LogP contribution in [0.25, 0.3) is 0 Å². The van der Waals surface area contributed by atoms with Gasteiger partial charge in [0.15, 0.2) is 0 Å². The first-order valence-electron chi connectivity index (χ1n) is 41.1. The van der Waals surface area contributed by atoms with Gasteiger partial charge in [0.1, 0.15) is 0 Å². The van der Waals surface area contributed by atoms with Crippen LogP contribution in [0.2, 0.25) is 0 Å². The van der Waals surface area contributed by atoms with Crippen LogP contribution in [0.5, 0.6) is 0 Å². The molecule has 588 valence electrons. The summed E-state index contributed by atoms with van der Waals surface area (Å²) in [7, 11) is 0. The Morgan fingerprint density at radius 1 is 0.0894 bits per heavy atom. The van der Waals surface area contributed by atoms with E-state index in [9.17, 15) is 0 Å². The van der Waals surface area contributed by atoms with Gasteiger partial charge >= 0.3 is 798 Å². The van der Waals surface area contributed by atoms with E-state index in [1.54, 1.807) is 0 Å². The summed E-state index contributed by atoms with van der Waals surface area (Å²) >= 11 is -5.44. The minimum atomic E-state index is -1.63. The Balaban J connectivity index is 0.000000138. The van der Waals surface area contributed by atoms with Gasteiger partial charge in [0.2, 0.25) is 0 Å². The SMILES string of the molecule is [GeH].c1cc[c]([Ge]([c]2ccccc2)[c]2ccccc2)cc1.c1cc[c]([Ge]([c]2ccccc2)[c]2ccccc2)cc1.c1cc[c]([Ge]([c]2ccccc2)[c]2ccccc2)cc1.c1cc[c]([Ge][c]2ccccc2)cc1.c1cc[c]([Ge][c]2ccccc2)cc1.c1cc[c]([Ge][c]2ccccc2)cc1.c1cc[c]([Ge][c]2ccccc2)cc1.c1cc[c]([Ge][c]2ccccc2)cc1. The van der Waals surface area contributed by atoms with E-state index in [2.05, 4.69) is 576 Å². The van der Waals surface area contributed by atoms with Gasteiger partial charge in [-0.15, -0.1) is 0 Å². The number of hydrogen-bond donors (Lipinski definition) is 0. The first kappa shape index (κ1) is 93.8. The Hall–Kier alpha value is -9.93. The van der Waals surface area contributed by atoms with Crippen molar-refractivity contribution >= 4 is 221 Å². The summed E-state index contributed by atoms with van der Waals surface area (Å²) < 4.78 is 28.4. The number of hydrogen-bond acceptors (Lipinski definition) is 0. The molecule has 0 spiro atoms. The summed E-state index contributed by atoms with van der Waals surface area (Å²) in [5.74, 6) is 0. The third kappa shape index (κ3) is 34.6. The third-order valence-corrected chi connectivity index (χ3v) is 49.0. The van der Waals surface area contributed by atoms with Gasteiger partial charge in [-0.05, 0) is 0 Å². The summed E-state index contributed by atoms with van der Waals surface area (Å²) in [6, 6.07) is 206. The van der Waals surface area contributed by atoms with Crippen LogP contribution in [0.3, 0.4) is 0 Å². The zero-order chi connectivity index (χ0) is 83.4. The van der Waals surface area contributed by atoms with Gasteiger partial charge in [0.25, 0.3) is 0 Å². The van der Waals surface area contributed by atoms with Gasteiger partial charge in [-0.2, -0.15) is 0 Å². The summed E-state index contributed by atoms with van der Waals surface area (Å²) in [6.07, 6.45) is 0. The quantitative estimate of drug-likeness (QED) is 0.0708. The van der Waals surface area contributed by atoms with Gasteiger partial charge in [-0.25, -0.2) is 0 Å². The average molecular weight is 2120 g/mol. The van der Waals surface area contributed by atoms with Gasteiger partial charge in [0.05, 0.1) is 0 Å². The molecule has 0 saturated carbocycles. The molecule has 19 rings (SSSR count). The van der Waals surface area contributed by atoms with Gasteiger partial charge in [0, 0.05) is 0 Å². The molecule has 0 heterocycles. The van der Waals surface area contributed by atoms with Crippen molar-refractivity contribution in [1.82, 2.24) is 0 Å². The zero-order valence-corrected chi connectivity index (χ0v) is 88.1. The fourth-order valence-electron chi connectivity index (χ4n) is 13.0. The Labute approximate surface area is 788 Å². The molecule has 0 aliphatic heterocycles. The van der Waals surface area contributed by atoms with Crippen LogP contribution >= 0.6 is 0 Å². The van der Waals surface area contributed by atoms with E-state index in [0.29, 0.717) is 0 Å². The molecular weight excluding hydrogens is 2020 g/mol. The number of rotatable bonds is 19. The van der Waals surface area contributed by atoms with Crippen LogP contribution in [0, 0.1) is 0 Å². The Kier molecular flexibility index (Phi) is 43.3. The fourth-order valence-corrected chi connectivity index (χ4v) is 40.2. The van der Waals surface area contributed by atoms with Gasteiger partial charge in [-0.1, -0.05) is 0 Å². The van der Waals surface area contributed by atoms with Crippen molar-refractivity contribution < 1.29 is 0 Å². The van der Waals surface area contributed by atoms with Crippen molar-refractivity contribution in [3.05, 3.63) is 576 Å². The van der Waals surface area contributed by atoms with E-state index in [4.69, 9.17) is 0 Å². The van der Waals surface area contributed by atoms with E-state index >= 15 is 0 Å². The molecule has 0 aliphatic carbocycles. The average Bonchev–Trinajstić information content (AvgIpc) is 0.827. The molecule has 0 nitrogen and oxygen atoms in total. The summed E-state index contributed by atoms with van der Waals surface area (Å²) in [5.41, 5.74) is 0. The maximum absolute atomic E-state index is 2.27.